The van der Waals surface area contributed by atoms with Gasteiger partial charge in [0.1, 0.15) is 0 Å². The Labute approximate surface area is 141 Å². The molecule has 0 unspecified atom stereocenters. The van der Waals surface area contributed by atoms with E-state index in [1.54, 1.807) is 4.90 Å². The van der Waals surface area contributed by atoms with Crippen LogP contribution in [0, 0.1) is 11.3 Å². The lowest BCUT2D eigenvalue weighted by Gasteiger charge is -2.34. The van der Waals surface area contributed by atoms with Crippen LogP contribution in [0.15, 0.2) is 0 Å². The van der Waals surface area contributed by atoms with Crippen LogP contribution in [0.25, 0.3) is 0 Å². The first-order valence-corrected chi connectivity index (χ1v) is 8.24. The summed E-state index contributed by atoms with van der Waals surface area (Å²) in [5.74, 6) is -1.19. The molecule has 8 nitrogen and oxygen atoms in total. The molecule has 0 aromatic rings. The van der Waals surface area contributed by atoms with Crippen molar-refractivity contribution in [1.29, 1.82) is 0 Å². The summed E-state index contributed by atoms with van der Waals surface area (Å²) in [4.78, 5) is 50.3. The summed E-state index contributed by atoms with van der Waals surface area (Å²) in [6, 6.07) is -0.454. The van der Waals surface area contributed by atoms with E-state index in [0.29, 0.717) is 39.0 Å². The van der Waals surface area contributed by atoms with Gasteiger partial charge in [-0.15, -0.1) is 0 Å². The highest BCUT2D eigenvalue weighted by Crippen LogP contribution is 2.24. The van der Waals surface area contributed by atoms with E-state index in [2.05, 4.69) is 5.32 Å². The van der Waals surface area contributed by atoms with Crippen molar-refractivity contribution in [2.24, 2.45) is 11.3 Å². The molecule has 2 heterocycles. The van der Waals surface area contributed by atoms with Crippen LogP contribution in [0.1, 0.15) is 33.6 Å². The fourth-order valence-electron chi connectivity index (χ4n) is 2.83. The van der Waals surface area contributed by atoms with Crippen LogP contribution in [0.3, 0.4) is 0 Å². The van der Waals surface area contributed by atoms with Crippen molar-refractivity contribution < 1.29 is 23.9 Å². The third-order valence-electron chi connectivity index (χ3n) is 4.25. The molecule has 2 rings (SSSR count). The van der Waals surface area contributed by atoms with Crippen molar-refractivity contribution in [1.82, 2.24) is 15.1 Å². The highest BCUT2D eigenvalue weighted by Gasteiger charge is 2.33. The summed E-state index contributed by atoms with van der Waals surface area (Å²) in [6.07, 6.45) is 1.05. The number of esters is 1. The Balaban J connectivity index is 1.76. The van der Waals surface area contributed by atoms with Crippen LogP contribution < -0.4 is 5.32 Å². The maximum Gasteiger partial charge on any atom is 0.324 e. The minimum absolute atomic E-state index is 0.0736. The molecule has 134 valence electrons. The zero-order valence-corrected chi connectivity index (χ0v) is 14.5. The number of rotatable bonds is 3. The predicted octanol–water partition coefficient (Wildman–Crippen LogP) is 0.366. The summed E-state index contributed by atoms with van der Waals surface area (Å²) in [6.45, 7) is 6.92. The average Bonchev–Trinajstić information content (AvgIpc) is 2.97. The molecule has 2 aliphatic heterocycles. The van der Waals surface area contributed by atoms with Gasteiger partial charge >= 0.3 is 12.0 Å². The van der Waals surface area contributed by atoms with Gasteiger partial charge in [0.25, 0.3) is 5.91 Å². The summed E-state index contributed by atoms with van der Waals surface area (Å²) in [5, 5.41) is 2.52. The molecule has 0 spiro atoms. The van der Waals surface area contributed by atoms with Crippen molar-refractivity contribution >= 4 is 23.8 Å². The van der Waals surface area contributed by atoms with E-state index in [1.165, 1.54) is 0 Å². The number of hydrogen-bond acceptors (Lipinski definition) is 5. The normalized spacial score (nSPS) is 19.2. The number of nitrogens with one attached hydrogen (secondary N) is 1. The lowest BCUT2D eigenvalue weighted by atomic mass is 9.91. The number of urea groups is 1. The molecule has 2 saturated heterocycles. The van der Waals surface area contributed by atoms with Crippen molar-refractivity contribution in [2.45, 2.75) is 33.6 Å². The van der Waals surface area contributed by atoms with Gasteiger partial charge in [0.05, 0.1) is 5.92 Å². The molecule has 2 fully saturated rings. The number of imide groups is 1. The molecule has 24 heavy (non-hydrogen) atoms. The third-order valence-corrected chi connectivity index (χ3v) is 4.25. The number of ether oxygens (including phenoxy) is 1. The molecule has 0 radical (unpaired) electrons. The van der Waals surface area contributed by atoms with Crippen LogP contribution in [0.5, 0.6) is 0 Å². The summed E-state index contributed by atoms with van der Waals surface area (Å²) in [5.41, 5.74) is -0.434. The van der Waals surface area contributed by atoms with Crippen LogP contribution in [0.2, 0.25) is 0 Å². The number of carbonyl (C=O) groups is 4. The molecule has 1 N–H and O–H groups in total. The Bertz CT molecular complexity index is 532. The van der Waals surface area contributed by atoms with Crippen molar-refractivity contribution in [3.63, 3.8) is 0 Å². The lowest BCUT2D eigenvalue weighted by molar-refractivity contribution is -0.157. The first kappa shape index (κ1) is 18.2. The quantitative estimate of drug-likeness (QED) is 0.749. The Morgan fingerprint density at radius 3 is 2.29 bits per heavy atom. The molecule has 0 aromatic carbocycles. The van der Waals surface area contributed by atoms with Gasteiger partial charge in [0.2, 0.25) is 5.91 Å². The average molecular weight is 339 g/mol. The first-order valence-electron chi connectivity index (χ1n) is 8.24. The standard InChI is InChI=1S/C16H25N3O5/c1-16(2,3)14(22)18-7-4-11(5-8-18)13(21)24-10-12(20)19-9-6-17-15(19)23/h11H,4-10H2,1-3H3,(H,17,23). The van der Waals surface area contributed by atoms with Gasteiger partial charge in [-0.1, -0.05) is 20.8 Å². The zero-order valence-electron chi connectivity index (χ0n) is 14.5. The maximum absolute atomic E-state index is 12.2. The molecule has 8 heteroatoms. The summed E-state index contributed by atoms with van der Waals surface area (Å²) < 4.78 is 5.05. The van der Waals surface area contributed by atoms with E-state index in [0.717, 1.165) is 4.90 Å². The van der Waals surface area contributed by atoms with Crippen LogP contribution in [-0.2, 0) is 19.1 Å². The van der Waals surface area contributed by atoms with E-state index >= 15 is 0 Å². The Morgan fingerprint density at radius 1 is 1.17 bits per heavy atom. The Morgan fingerprint density at radius 2 is 1.79 bits per heavy atom. The number of piperidine rings is 1. The minimum atomic E-state index is -0.515. The number of likely N-dealkylation sites (tertiary alicyclic amines) is 1. The number of amides is 4. The third kappa shape index (κ3) is 4.24. The first-order chi connectivity index (χ1) is 11.2. The molecular formula is C16H25N3O5. The highest BCUT2D eigenvalue weighted by atomic mass is 16.5. The molecule has 2 aliphatic rings. The van der Waals surface area contributed by atoms with Crippen LogP contribution in [0.4, 0.5) is 4.79 Å². The molecule has 0 aromatic heterocycles. The molecule has 0 atom stereocenters. The van der Waals surface area contributed by atoms with Crippen LogP contribution >= 0.6 is 0 Å². The van der Waals surface area contributed by atoms with E-state index in [1.807, 2.05) is 20.8 Å². The van der Waals surface area contributed by atoms with Crippen LogP contribution in [-0.4, -0.2) is 66.4 Å². The predicted molar refractivity (Wildman–Crippen MR) is 84.8 cm³/mol. The van der Waals surface area contributed by atoms with Crippen molar-refractivity contribution in [2.75, 3.05) is 32.8 Å². The lowest BCUT2D eigenvalue weighted by Crippen LogP contribution is -2.45. The maximum atomic E-state index is 12.2. The van der Waals surface area contributed by atoms with E-state index in [4.69, 9.17) is 4.74 Å². The Kier molecular flexibility index (Phi) is 5.46. The molecule has 4 amide bonds. The minimum Gasteiger partial charge on any atom is -0.455 e. The highest BCUT2D eigenvalue weighted by molar-refractivity contribution is 5.97. The fourth-order valence-corrected chi connectivity index (χ4v) is 2.83. The fraction of sp³-hybridized carbons (Fsp3) is 0.750. The van der Waals surface area contributed by atoms with E-state index in [9.17, 15) is 19.2 Å². The molecule has 0 bridgehead atoms. The molecular weight excluding hydrogens is 314 g/mol. The van der Waals surface area contributed by atoms with Gasteiger partial charge in [-0.25, -0.2) is 4.79 Å². The summed E-state index contributed by atoms with van der Waals surface area (Å²) in [7, 11) is 0. The Hall–Kier alpha value is -2.12. The van der Waals surface area contributed by atoms with Gasteiger partial charge in [0, 0.05) is 31.6 Å². The van der Waals surface area contributed by atoms with Crippen molar-refractivity contribution in [3.05, 3.63) is 0 Å². The van der Waals surface area contributed by atoms with Gasteiger partial charge in [-0.05, 0) is 12.8 Å². The largest absolute Gasteiger partial charge is 0.455 e. The SMILES string of the molecule is CC(C)(C)C(=O)N1CCC(C(=O)OCC(=O)N2CCNC2=O)CC1. The monoisotopic (exact) mass is 339 g/mol. The number of carbonyl (C=O) groups excluding carboxylic acids is 4. The topological polar surface area (TPSA) is 96.0 Å². The van der Waals surface area contributed by atoms with Gasteiger partial charge in [0.15, 0.2) is 6.61 Å². The van der Waals surface area contributed by atoms with E-state index in [-0.39, 0.29) is 11.8 Å². The second-order valence-electron chi connectivity index (χ2n) is 7.20. The number of hydrogen-bond donors (Lipinski definition) is 1. The number of nitrogens with zero attached hydrogens (tertiary/aromatic N) is 2. The van der Waals surface area contributed by atoms with Crippen molar-refractivity contribution in [3.8, 4) is 0 Å². The summed E-state index contributed by atoms with van der Waals surface area (Å²) >= 11 is 0. The van der Waals surface area contributed by atoms with Gasteiger partial charge in [-0.3, -0.25) is 19.3 Å². The second-order valence-corrected chi connectivity index (χ2v) is 7.20. The molecule has 0 saturated carbocycles. The van der Waals surface area contributed by atoms with E-state index < -0.39 is 29.9 Å². The van der Waals surface area contributed by atoms with Gasteiger partial charge in [-0.2, -0.15) is 0 Å². The van der Waals surface area contributed by atoms with Gasteiger partial charge < -0.3 is 15.0 Å². The zero-order chi connectivity index (χ0) is 17.9. The smallest absolute Gasteiger partial charge is 0.324 e. The molecule has 0 aliphatic carbocycles. The second kappa shape index (κ2) is 7.19.